The molecular weight excluding hydrogens is 336 g/mol. The van der Waals surface area contributed by atoms with Crippen molar-refractivity contribution in [3.05, 3.63) is 52.0 Å². The van der Waals surface area contributed by atoms with Crippen molar-refractivity contribution in [1.29, 1.82) is 0 Å². The first-order chi connectivity index (χ1) is 12.0. The van der Waals surface area contributed by atoms with Crippen molar-refractivity contribution in [3.8, 4) is 5.75 Å². The maximum atomic E-state index is 12.8. The number of carbonyl (C=O) groups excluding carboxylic acids is 2. The standard InChI is InChI=1S/C19H18N2O3S/c1-4-24-17-13(11(3)22)10(2)21-19-14(17)15(20)18(25-19)16(23)12-8-6-5-7-9-12/h5-9H,4,20H2,1-3H3. The fourth-order valence-electron chi connectivity index (χ4n) is 2.82. The molecule has 0 amide bonds. The predicted molar refractivity (Wildman–Crippen MR) is 99.8 cm³/mol. The van der Waals surface area contributed by atoms with Gasteiger partial charge in [-0.1, -0.05) is 30.3 Å². The van der Waals surface area contributed by atoms with Crippen molar-refractivity contribution >= 4 is 38.8 Å². The molecule has 0 atom stereocenters. The van der Waals surface area contributed by atoms with Crippen LogP contribution >= 0.6 is 11.3 Å². The molecule has 5 nitrogen and oxygen atoms in total. The number of pyridine rings is 1. The van der Waals surface area contributed by atoms with Gasteiger partial charge in [-0.2, -0.15) is 0 Å². The van der Waals surface area contributed by atoms with Gasteiger partial charge in [-0.3, -0.25) is 9.59 Å². The number of nitrogens with two attached hydrogens (primary N) is 1. The maximum absolute atomic E-state index is 12.8. The number of carbonyl (C=O) groups is 2. The number of rotatable bonds is 5. The van der Waals surface area contributed by atoms with Gasteiger partial charge in [0, 0.05) is 5.56 Å². The summed E-state index contributed by atoms with van der Waals surface area (Å²) in [5, 5.41) is 0.543. The van der Waals surface area contributed by atoms with E-state index in [2.05, 4.69) is 4.98 Å². The smallest absolute Gasteiger partial charge is 0.205 e. The van der Waals surface area contributed by atoms with Gasteiger partial charge in [0.2, 0.25) is 5.78 Å². The second-order valence-electron chi connectivity index (χ2n) is 5.61. The fraction of sp³-hybridized carbons (Fsp3) is 0.211. The zero-order valence-electron chi connectivity index (χ0n) is 14.3. The average Bonchev–Trinajstić information content (AvgIpc) is 2.91. The number of nitrogens with zero attached hydrogens (tertiary/aromatic N) is 1. The summed E-state index contributed by atoms with van der Waals surface area (Å²) in [6.07, 6.45) is 0. The fourth-order valence-corrected chi connectivity index (χ4v) is 3.92. The van der Waals surface area contributed by atoms with Crippen LogP contribution in [-0.4, -0.2) is 23.2 Å². The highest BCUT2D eigenvalue weighted by atomic mass is 32.1. The number of thiophene rings is 1. The molecule has 6 heteroatoms. The van der Waals surface area contributed by atoms with E-state index in [4.69, 9.17) is 10.5 Å². The molecule has 0 aliphatic carbocycles. The first kappa shape index (κ1) is 17.1. The molecule has 3 rings (SSSR count). The Kier molecular flexibility index (Phi) is 4.55. The van der Waals surface area contributed by atoms with E-state index >= 15 is 0 Å². The van der Waals surface area contributed by atoms with Crippen molar-refractivity contribution in [2.24, 2.45) is 0 Å². The topological polar surface area (TPSA) is 82.3 Å². The minimum Gasteiger partial charge on any atom is -0.492 e. The van der Waals surface area contributed by atoms with Gasteiger partial charge < -0.3 is 10.5 Å². The Morgan fingerprint density at radius 2 is 1.92 bits per heavy atom. The number of fused-ring (bicyclic) bond motifs is 1. The van der Waals surface area contributed by atoms with Crippen LogP contribution in [0.4, 0.5) is 5.69 Å². The van der Waals surface area contributed by atoms with Gasteiger partial charge in [-0.25, -0.2) is 4.98 Å². The monoisotopic (exact) mass is 354 g/mol. The third-order valence-corrected chi connectivity index (χ3v) is 4.99. The molecule has 128 valence electrons. The normalized spacial score (nSPS) is 10.8. The molecule has 0 spiro atoms. The van der Waals surface area contributed by atoms with Gasteiger partial charge in [-0.05, 0) is 20.8 Å². The highest BCUT2D eigenvalue weighted by molar-refractivity contribution is 7.21. The molecule has 25 heavy (non-hydrogen) atoms. The molecule has 0 fully saturated rings. The zero-order valence-corrected chi connectivity index (χ0v) is 15.1. The van der Waals surface area contributed by atoms with Gasteiger partial charge in [-0.15, -0.1) is 11.3 Å². The number of aromatic nitrogens is 1. The van der Waals surface area contributed by atoms with Crippen molar-refractivity contribution in [2.75, 3.05) is 12.3 Å². The number of ether oxygens (including phenoxy) is 1. The van der Waals surface area contributed by atoms with Crippen LogP contribution < -0.4 is 10.5 Å². The van der Waals surface area contributed by atoms with E-state index in [9.17, 15) is 9.59 Å². The number of aryl methyl sites for hydroxylation is 1. The molecule has 0 saturated carbocycles. The Labute approximate surface area is 149 Å². The third-order valence-electron chi connectivity index (χ3n) is 3.89. The van der Waals surface area contributed by atoms with Crippen molar-refractivity contribution in [1.82, 2.24) is 4.98 Å². The summed E-state index contributed by atoms with van der Waals surface area (Å²) in [6.45, 7) is 5.45. The first-order valence-electron chi connectivity index (χ1n) is 7.91. The number of hydrogen-bond acceptors (Lipinski definition) is 6. The van der Waals surface area contributed by atoms with E-state index in [1.807, 2.05) is 13.0 Å². The summed E-state index contributed by atoms with van der Waals surface area (Å²) < 4.78 is 5.73. The minimum atomic E-state index is -0.162. The summed E-state index contributed by atoms with van der Waals surface area (Å²) in [5.41, 5.74) is 8.14. The van der Waals surface area contributed by atoms with Crippen LogP contribution in [0.1, 0.15) is 45.1 Å². The van der Waals surface area contributed by atoms with E-state index in [1.165, 1.54) is 18.3 Å². The van der Waals surface area contributed by atoms with Crippen LogP contribution in [0, 0.1) is 6.92 Å². The molecule has 0 aliphatic rings. The van der Waals surface area contributed by atoms with E-state index in [1.54, 1.807) is 31.2 Å². The average molecular weight is 354 g/mol. The number of Topliss-reactive ketones (excluding diaryl/α,β-unsaturated/α-hetero) is 1. The molecule has 2 N–H and O–H groups in total. The van der Waals surface area contributed by atoms with Gasteiger partial charge in [0.05, 0.1) is 28.9 Å². The molecule has 0 saturated heterocycles. The quantitative estimate of drug-likeness (QED) is 0.700. The molecule has 3 aromatic rings. The van der Waals surface area contributed by atoms with E-state index in [0.29, 0.717) is 50.0 Å². The first-order valence-corrected chi connectivity index (χ1v) is 8.73. The highest BCUT2D eigenvalue weighted by Crippen LogP contribution is 2.42. The number of benzene rings is 1. The molecule has 2 heterocycles. The van der Waals surface area contributed by atoms with E-state index in [-0.39, 0.29) is 11.6 Å². The second kappa shape index (κ2) is 6.64. The number of hydrogen-bond donors (Lipinski definition) is 1. The second-order valence-corrected chi connectivity index (χ2v) is 6.61. The maximum Gasteiger partial charge on any atom is 0.205 e. The zero-order chi connectivity index (χ0) is 18.1. The summed E-state index contributed by atoms with van der Waals surface area (Å²) in [6, 6.07) is 8.95. The number of ketones is 2. The predicted octanol–water partition coefficient (Wildman–Crippen LogP) is 4.02. The van der Waals surface area contributed by atoms with Crippen LogP contribution in [0.15, 0.2) is 30.3 Å². The van der Waals surface area contributed by atoms with Crippen LogP contribution in [-0.2, 0) is 0 Å². The van der Waals surface area contributed by atoms with Crippen molar-refractivity contribution < 1.29 is 14.3 Å². The lowest BCUT2D eigenvalue weighted by Crippen LogP contribution is -2.06. The van der Waals surface area contributed by atoms with Gasteiger partial charge >= 0.3 is 0 Å². The Morgan fingerprint density at radius 1 is 1.24 bits per heavy atom. The third kappa shape index (κ3) is 2.89. The Hall–Kier alpha value is -2.73. The lowest BCUT2D eigenvalue weighted by Gasteiger charge is -2.12. The molecule has 1 aromatic carbocycles. The lowest BCUT2D eigenvalue weighted by atomic mass is 10.0. The van der Waals surface area contributed by atoms with Gasteiger partial charge in [0.1, 0.15) is 15.5 Å². The Bertz CT molecular complexity index is 977. The summed E-state index contributed by atoms with van der Waals surface area (Å²) in [7, 11) is 0. The van der Waals surface area contributed by atoms with Gasteiger partial charge in [0.15, 0.2) is 5.78 Å². The van der Waals surface area contributed by atoms with Crippen molar-refractivity contribution in [3.63, 3.8) is 0 Å². The highest BCUT2D eigenvalue weighted by Gasteiger charge is 2.25. The van der Waals surface area contributed by atoms with Crippen LogP contribution in [0.25, 0.3) is 10.2 Å². The largest absolute Gasteiger partial charge is 0.492 e. The van der Waals surface area contributed by atoms with E-state index < -0.39 is 0 Å². The van der Waals surface area contributed by atoms with E-state index in [0.717, 1.165) is 0 Å². The van der Waals surface area contributed by atoms with Crippen LogP contribution in [0.2, 0.25) is 0 Å². The number of anilines is 1. The Balaban J connectivity index is 2.28. The summed E-state index contributed by atoms with van der Waals surface area (Å²) in [4.78, 5) is 30.4. The van der Waals surface area contributed by atoms with Crippen molar-refractivity contribution in [2.45, 2.75) is 20.8 Å². The molecule has 0 bridgehead atoms. The molecule has 0 aliphatic heterocycles. The minimum absolute atomic E-state index is 0.142. The number of nitrogen functional groups attached to an aromatic ring is 1. The van der Waals surface area contributed by atoms with Crippen LogP contribution in [0.5, 0.6) is 5.75 Å². The summed E-state index contributed by atoms with van der Waals surface area (Å²) >= 11 is 1.22. The lowest BCUT2D eigenvalue weighted by molar-refractivity contribution is 0.101. The SMILES string of the molecule is CCOc1c(C(C)=O)c(C)nc2sc(C(=O)c3ccccc3)c(N)c12. The summed E-state index contributed by atoms with van der Waals surface area (Å²) in [5.74, 6) is 0.112. The molecule has 0 radical (unpaired) electrons. The molecule has 2 aromatic heterocycles. The van der Waals surface area contributed by atoms with Crippen LogP contribution in [0.3, 0.4) is 0 Å². The molecular formula is C19H18N2O3S. The molecule has 0 unspecified atom stereocenters. The Morgan fingerprint density at radius 3 is 2.52 bits per heavy atom. The van der Waals surface area contributed by atoms with Gasteiger partial charge in [0.25, 0.3) is 0 Å².